The average Bonchev–Trinajstić information content (AvgIpc) is 2.63. The highest BCUT2D eigenvalue weighted by Crippen LogP contribution is 2.31. The Morgan fingerprint density at radius 2 is 1.95 bits per heavy atom. The zero-order valence-corrected chi connectivity index (χ0v) is 11.0. The summed E-state index contributed by atoms with van der Waals surface area (Å²) in [6.45, 7) is 7.03. The summed E-state index contributed by atoms with van der Waals surface area (Å²) in [5.74, 6) is -3.84. The van der Waals surface area contributed by atoms with E-state index in [2.05, 4.69) is 11.9 Å². The van der Waals surface area contributed by atoms with Gasteiger partial charge >= 0.3 is 0 Å². The molecule has 6 heteroatoms. The number of likely N-dealkylation sites (N-methyl/N-ethyl adjacent to an activating group) is 1. The fraction of sp³-hybridized carbons (Fsp3) is 0.286. The quantitative estimate of drug-likeness (QED) is 0.659. The van der Waals surface area contributed by atoms with E-state index in [1.54, 1.807) is 0 Å². The van der Waals surface area contributed by atoms with Crippen molar-refractivity contribution in [3.8, 4) is 0 Å². The van der Waals surface area contributed by atoms with E-state index in [1.807, 2.05) is 6.92 Å². The predicted molar refractivity (Wildman–Crippen MR) is 70.7 cm³/mol. The maximum Gasteiger partial charge on any atom is 0.299 e. The van der Waals surface area contributed by atoms with Crippen molar-refractivity contribution in [2.75, 3.05) is 24.5 Å². The molecular formula is C14H14F2N2O2. The second kappa shape index (κ2) is 5.50. The van der Waals surface area contributed by atoms with Gasteiger partial charge in [-0.1, -0.05) is 13.5 Å². The number of nitrogens with zero attached hydrogens (tertiary/aromatic N) is 1. The molecule has 106 valence electrons. The van der Waals surface area contributed by atoms with Crippen LogP contribution in [0.15, 0.2) is 24.3 Å². The number of amides is 1. The summed E-state index contributed by atoms with van der Waals surface area (Å²) in [7, 11) is 0. The summed E-state index contributed by atoms with van der Waals surface area (Å²) in [5.41, 5.74) is 0.660. The molecule has 0 bridgehead atoms. The van der Waals surface area contributed by atoms with E-state index in [0.29, 0.717) is 12.1 Å². The lowest BCUT2D eigenvalue weighted by Crippen LogP contribution is -2.33. The van der Waals surface area contributed by atoms with Gasteiger partial charge in [-0.2, -0.15) is 0 Å². The Morgan fingerprint density at radius 3 is 2.60 bits per heavy atom. The van der Waals surface area contributed by atoms with Crippen LogP contribution in [-0.2, 0) is 4.79 Å². The van der Waals surface area contributed by atoms with E-state index in [1.165, 1.54) is 0 Å². The molecule has 1 aliphatic heterocycles. The molecule has 2 rings (SSSR count). The number of fused-ring (bicyclic) bond motifs is 1. The number of halogens is 2. The van der Waals surface area contributed by atoms with Gasteiger partial charge in [0.25, 0.3) is 11.7 Å². The molecule has 0 unspecified atom stereocenters. The Kier molecular flexibility index (Phi) is 3.94. The normalized spacial score (nSPS) is 13.8. The summed E-state index contributed by atoms with van der Waals surface area (Å²) < 4.78 is 26.4. The van der Waals surface area contributed by atoms with Gasteiger partial charge in [0, 0.05) is 19.2 Å². The SMILES string of the molecule is C=C(CNCC)CN1C(=O)C(=O)c2cc(F)c(F)cc21. The fourth-order valence-electron chi connectivity index (χ4n) is 2.03. The minimum Gasteiger partial charge on any atom is -0.313 e. The van der Waals surface area contributed by atoms with Crippen LogP contribution < -0.4 is 10.2 Å². The lowest BCUT2D eigenvalue weighted by atomic mass is 10.1. The van der Waals surface area contributed by atoms with Crippen molar-refractivity contribution in [3.63, 3.8) is 0 Å². The largest absolute Gasteiger partial charge is 0.313 e. The molecule has 1 aromatic rings. The predicted octanol–water partition coefficient (Wildman–Crippen LogP) is 1.66. The van der Waals surface area contributed by atoms with Crippen LogP contribution in [0.25, 0.3) is 0 Å². The Morgan fingerprint density at radius 1 is 1.30 bits per heavy atom. The summed E-state index contributed by atoms with van der Waals surface area (Å²) in [6.07, 6.45) is 0. The van der Waals surface area contributed by atoms with Crippen molar-refractivity contribution in [1.82, 2.24) is 5.32 Å². The van der Waals surface area contributed by atoms with Gasteiger partial charge in [-0.3, -0.25) is 9.59 Å². The molecule has 1 N–H and O–H groups in total. The first-order valence-electron chi connectivity index (χ1n) is 6.18. The first-order chi connectivity index (χ1) is 9.45. The molecule has 0 aromatic heterocycles. The Balaban J connectivity index is 2.28. The minimum atomic E-state index is -1.14. The molecule has 1 aliphatic rings. The van der Waals surface area contributed by atoms with Gasteiger partial charge < -0.3 is 10.2 Å². The molecule has 1 amide bonds. The van der Waals surface area contributed by atoms with Crippen LogP contribution in [0.2, 0.25) is 0 Å². The molecular weight excluding hydrogens is 266 g/mol. The molecule has 0 aliphatic carbocycles. The van der Waals surface area contributed by atoms with Crippen molar-refractivity contribution >= 4 is 17.4 Å². The minimum absolute atomic E-state index is 0.0929. The summed E-state index contributed by atoms with van der Waals surface area (Å²) in [6, 6.07) is 1.63. The fourth-order valence-corrected chi connectivity index (χ4v) is 2.03. The third-order valence-electron chi connectivity index (χ3n) is 3.02. The zero-order chi connectivity index (χ0) is 14.9. The number of anilines is 1. The lowest BCUT2D eigenvalue weighted by molar-refractivity contribution is -0.114. The summed E-state index contributed by atoms with van der Waals surface area (Å²) in [4.78, 5) is 24.7. The van der Waals surface area contributed by atoms with Gasteiger partial charge in [-0.15, -0.1) is 0 Å². The average molecular weight is 280 g/mol. The van der Waals surface area contributed by atoms with Crippen LogP contribution in [0.4, 0.5) is 14.5 Å². The Hall–Kier alpha value is -2.08. The Labute approximate surface area is 115 Å². The molecule has 1 heterocycles. The van der Waals surface area contributed by atoms with Crippen LogP contribution in [0.1, 0.15) is 17.3 Å². The number of nitrogens with one attached hydrogen (secondary N) is 1. The molecule has 0 saturated heterocycles. The molecule has 0 atom stereocenters. The third-order valence-corrected chi connectivity index (χ3v) is 3.02. The molecule has 0 fully saturated rings. The van der Waals surface area contributed by atoms with E-state index < -0.39 is 23.3 Å². The van der Waals surface area contributed by atoms with Crippen molar-refractivity contribution in [2.24, 2.45) is 0 Å². The van der Waals surface area contributed by atoms with Crippen LogP contribution in [0, 0.1) is 11.6 Å². The number of carbonyl (C=O) groups is 2. The van der Waals surface area contributed by atoms with Crippen LogP contribution in [0.5, 0.6) is 0 Å². The Bertz CT molecular complexity index is 599. The van der Waals surface area contributed by atoms with Gasteiger partial charge in [0.15, 0.2) is 11.6 Å². The molecule has 0 spiro atoms. The first-order valence-corrected chi connectivity index (χ1v) is 6.18. The monoisotopic (exact) mass is 280 g/mol. The van der Waals surface area contributed by atoms with E-state index >= 15 is 0 Å². The number of hydrogen-bond donors (Lipinski definition) is 1. The van der Waals surface area contributed by atoms with Gasteiger partial charge in [-0.25, -0.2) is 8.78 Å². The number of ketones is 1. The lowest BCUT2D eigenvalue weighted by Gasteiger charge is -2.18. The number of Topliss-reactive ketones (excluding diaryl/α,β-unsaturated/α-hetero) is 1. The van der Waals surface area contributed by atoms with Crippen LogP contribution in [-0.4, -0.2) is 31.3 Å². The highest BCUT2D eigenvalue weighted by Gasteiger charge is 2.37. The number of carbonyl (C=O) groups excluding carboxylic acids is 2. The number of rotatable bonds is 5. The maximum atomic E-state index is 13.3. The van der Waals surface area contributed by atoms with Crippen molar-refractivity contribution in [1.29, 1.82) is 0 Å². The molecule has 0 saturated carbocycles. The topological polar surface area (TPSA) is 49.4 Å². The van der Waals surface area contributed by atoms with E-state index in [9.17, 15) is 18.4 Å². The first kappa shape index (κ1) is 14.3. The third kappa shape index (κ3) is 2.46. The van der Waals surface area contributed by atoms with Gasteiger partial charge in [0.1, 0.15) is 0 Å². The highest BCUT2D eigenvalue weighted by atomic mass is 19.2. The number of benzene rings is 1. The standard InChI is InChI=1S/C14H14F2N2O2/c1-3-17-6-8(2)7-18-12-5-11(16)10(15)4-9(12)13(19)14(18)20/h4-5,17H,2-3,6-7H2,1H3. The van der Waals surface area contributed by atoms with E-state index in [0.717, 1.165) is 23.6 Å². The smallest absolute Gasteiger partial charge is 0.299 e. The summed E-state index contributed by atoms with van der Waals surface area (Å²) in [5, 5.41) is 3.04. The van der Waals surface area contributed by atoms with Crippen LogP contribution in [0.3, 0.4) is 0 Å². The van der Waals surface area contributed by atoms with Gasteiger partial charge in [-0.05, 0) is 18.2 Å². The van der Waals surface area contributed by atoms with E-state index in [-0.39, 0.29) is 17.8 Å². The van der Waals surface area contributed by atoms with Crippen LogP contribution >= 0.6 is 0 Å². The second-order valence-electron chi connectivity index (χ2n) is 4.53. The number of hydrogen-bond acceptors (Lipinski definition) is 3. The van der Waals surface area contributed by atoms with Crippen molar-refractivity contribution in [2.45, 2.75) is 6.92 Å². The van der Waals surface area contributed by atoms with Crippen molar-refractivity contribution < 1.29 is 18.4 Å². The summed E-state index contributed by atoms with van der Waals surface area (Å²) >= 11 is 0. The van der Waals surface area contributed by atoms with Gasteiger partial charge in [0.2, 0.25) is 0 Å². The van der Waals surface area contributed by atoms with Gasteiger partial charge in [0.05, 0.1) is 11.3 Å². The van der Waals surface area contributed by atoms with Crippen molar-refractivity contribution in [3.05, 3.63) is 41.5 Å². The molecule has 20 heavy (non-hydrogen) atoms. The second-order valence-corrected chi connectivity index (χ2v) is 4.53. The maximum absolute atomic E-state index is 13.3. The molecule has 1 aromatic carbocycles. The van der Waals surface area contributed by atoms with E-state index in [4.69, 9.17) is 0 Å². The zero-order valence-electron chi connectivity index (χ0n) is 11.0. The highest BCUT2D eigenvalue weighted by molar-refractivity contribution is 6.52. The molecule has 4 nitrogen and oxygen atoms in total. The molecule has 0 radical (unpaired) electrons.